The predicted octanol–water partition coefficient (Wildman–Crippen LogP) is 1.76. The third-order valence-electron chi connectivity index (χ3n) is 2.16. The molecule has 0 aromatic carbocycles. The Morgan fingerprint density at radius 3 is 2.43 bits per heavy atom. The number of alkyl halides is 1. The predicted molar refractivity (Wildman–Crippen MR) is 55.0 cm³/mol. The van der Waals surface area contributed by atoms with Crippen LogP contribution in [0.2, 0.25) is 0 Å². The van der Waals surface area contributed by atoms with E-state index >= 15 is 0 Å². The number of rotatable bonds is 6. The van der Waals surface area contributed by atoms with Crippen molar-refractivity contribution in [3.63, 3.8) is 0 Å². The number of carbonyl (C=O) groups excluding carboxylic acids is 2. The summed E-state index contributed by atoms with van der Waals surface area (Å²) in [6, 6.07) is 0. The van der Waals surface area contributed by atoms with Crippen molar-refractivity contribution in [3.8, 4) is 0 Å². The number of hydrogen-bond acceptors (Lipinski definition) is 2. The van der Waals surface area contributed by atoms with E-state index in [-0.39, 0.29) is 11.8 Å². The molecule has 0 unspecified atom stereocenters. The van der Waals surface area contributed by atoms with Crippen LogP contribution in [0.3, 0.4) is 0 Å². The zero-order chi connectivity index (χ0) is 10.4. The van der Waals surface area contributed by atoms with Gasteiger partial charge in [-0.2, -0.15) is 0 Å². The van der Waals surface area contributed by atoms with Crippen molar-refractivity contribution in [2.75, 3.05) is 5.88 Å². The number of carbonyl (C=O) groups is 2. The molecule has 1 aliphatic heterocycles. The Hall–Kier alpha value is -0.830. The van der Waals surface area contributed by atoms with Gasteiger partial charge in [-0.3, -0.25) is 14.9 Å². The van der Waals surface area contributed by atoms with E-state index in [0.717, 1.165) is 25.7 Å². The van der Waals surface area contributed by atoms with Gasteiger partial charge in [-0.25, -0.2) is 0 Å². The first kappa shape index (κ1) is 11.2. The van der Waals surface area contributed by atoms with E-state index in [9.17, 15) is 9.59 Å². The molecule has 0 aromatic heterocycles. The maximum atomic E-state index is 11.1. The van der Waals surface area contributed by atoms with E-state index < -0.39 is 0 Å². The lowest BCUT2D eigenvalue weighted by atomic mass is 10.1. The van der Waals surface area contributed by atoms with Crippen LogP contribution in [0.25, 0.3) is 0 Å². The fourth-order valence-electron chi connectivity index (χ4n) is 1.40. The highest BCUT2D eigenvalue weighted by Gasteiger charge is 2.19. The molecule has 4 heteroatoms. The van der Waals surface area contributed by atoms with Crippen LogP contribution in [0.1, 0.15) is 32.1 Å². The molecule has 1 heterocycles. The standard InChI is InChI=1S/C10H14ClNO2/c11-6-4-2-1-3-5-8-7-9(13)12-10(8)14/h7H,1-6H2,(H,12,13,14). The number of halogens is 1. The second-order valence-electron chi connectivity index (χ2n) is 3.34. The van der Waals surface area contributed by atoms with E-state index in [1.807, 2.05) is 0 Å². The van der Waals surface area contributed by atoms with Gasteiger partial charge in [-0.1, -0.05) is 12.8 Å². The van der Waals surface area contributed by atoms with Crippen LogP contribution in [-0.4, -0.2) is 17.7 Å². The van der Waals surface area contributed by atoms with Gasteiger partial charge < -0.3 is 0 Å². The quantitative estimate of drug-likeness (QED) is 0.417. The van der Waals surface area contributed by atoms with E-state index in [1.54, 1.807) is 0 Å². The number of amides is 2. The molecule has 0 fully saturated rings. The Balaban J connectivity index is 2.15. The largest absolute Gasteiger partial charge is 0.289 e. The molecule has 0 saturated carbocycles. The minimum absolute atomic E-state index is 0.229. The Labute approximate surface area is 88.5 Å². The molecule has 0 aromatic rings. The van der Waals surface area contributed by atoms with Crippen LogP contribution in [0.4, 0.5) is 0 Å². The maximum absolute atomic E-state index is 11.1. The molecule has 0 radical (unpaired) electrons. The number of unbranched alkanes of at least 4 members (excludes halogenated alkanes) is 3. The number of hydrogen-bond donors (Lipinski definition) is 1. The molecule has 0 spiro atoms. The van der Waals surface area contributed by atoms with Crippen molar-refractivity contribution in [1.82, 2.24) is 5.32 Å². The first-order valence-corrected chi connectivity index (χ1v) is 5.39. The highest BCUT2D eigenvalue weighted by molar-refractivity contribution is 6.17. The number of nitrogens with one attached hydrogen (secondary N) is 1. The van der Waals surface area contributed by atoms with Gasteiger partial charge >= 0.3 is 0 Å². The molecule has 1 aliphatic rings. The molecular formula is C10H14ClNO2. The Bertz CT molecular complexity index is 261. The van der Waals surface area contributed by atoms with Gasteiger partial charge in [0.15, 0.2) is 0 Å². The highest BCUT2D eigenvalue weighted by Crippen LogP contribution is 2.13. The van der Waals surface area contributed by atoms with Gasteiger partial charge in [-0.05, 0) is 19.3 Å². The molecule has 0 bridgehead atoms. The molecular weight excluding hydrogens is 202 g/mol. The van der Waals surface area contributed by atoms with Crippen molar-refractivity contribution in [2.24, 2.45) is 0 Å². The SMILES string of the molecule is O=C1C=C(CCCCCCCl)C(=O)N1. The minimum atomic E-state index is -0.286. The van der Waals surface area contributed by atoms with E-state index in [2.05, 4.69) is 5.32 Å². The van der Waals surface area contributed by atoms with Crippen LogP contribution in [0, 0.1) is 0 Å². The summed E-state index contributed by atoms with van der Waals surface area (Å²) in [5, 5.41) is 2.23. The summed E-state index contributed by atoms with van der Waals surface area (Å²) in [7, 11) is 0. The summed E-state index contributed by atoms with van der Waals surface area (Å²) in [6.07, 6.45) is 6.21. The van der Waals surface area contributed by atoms with Crippen LogP contribution >= 0.6 is 11.6 Å². The normalized spacial score (nSPS) is 15.6. The lowest BCUT2D eigenvalue weighted by Gasteiger charge is -1.99. The average Bonchev–Trinajstić information content (AvgIpc) is 2.45. The molecule has 0 aliphatic carbocycles. The first-order chi connectivity index (χ1) is 6.74. The van der Waals surface area contributed by atoms with E-state index in [1.165, 1.54) is 6.08 Å². The minimum Gasteiger partial charge on any atom is -0.289 e. The summed E-state index contributed by atoms with van der Waals surface area (Å²) >= 11 is 5.53. The second-order valence-corrected chi connectivity index (χ2v) is 3.72. The summed E-state index contributed by atoms with van der Waals surface area (Å²) in [6.45, 7) is 0. The van der Waals surface area contributed by atoms with Crippen molar-refractivity contribution in [2.45, 2.75) is 32.1 Å². The van der Waals surface area contributed by atoms with Gasteiger partial charge in [0, 0.05) is 17.5 Å². The molecule has 0 atom stereocenters. The summed E-state index contributed by atoms with van der Waals surface area (Å²) in [5.41, 5.74) is 0.612. The third kappa shape index (κ3) is 3.50. The van der Waals surface area contributed by atoms with Crippen LogP contribution in [0.5, 0.6) is 0 Å². The third-order valence-corrected chi connectivity index (χ3v) is 2.43. The zero-order valence-corrected chi connectivity index (χ0v) is 8.77. The van der Waals surface area contributed by atoms with Crippen molar-refractivity contribution < 1.29 is 9.59 Å². The summed E-state index contributed by atoms with van der Waals surface area (Å²) in [4.78, 5) is 21.9. The lowest BCUT2D eigenvalue weighted by Crippen LogP contribution is -2.22. The highest BCUT2D eigenvalue weighted by atomic mass is 35.5. The smallest absolute Gasteiger partial charge is 0.254 e. The molecule has 3 nitrogen and oxygen atoms in total. The van der Waals surface area contributed by atoms with Crippen molar-refractivity contribution in [3.05, 3.63) is 11.6 Å². The fraction of sp³-hybridized carbons (Fsp3) is 0.600. The maximum Gasteiger partial charge on any atom is 0.254 e. The van der Waals surface area contributed by atoms with Crippen molar-refractivity contribution >= 4 is 23.4 Å². The summed E-state index contributed by atoms with van der Waals surface area (Å²) < 4.78 is 0. The van der Waals surface area contributed by atoms with Gasteiger partial charge in [-0.15, -0.1) is 11.6 Å². The van der Waals surface area contributed by atoms with Gasteiger partial charge in [0.1, 0.15) is 0 Å². The Morgan fingerprint density at radius 2 is 1.86 bits per heavy atom. The van der Waals surface area contributed by atoms with Crippen molar-refractivity contribution in [1.29, 1.82) is 0 Å². The fourth-order valence-corrected chi connectivity index (χ4v) is 1.59. The molecule has 14 heavy (non-hydrogen) atoms. The van der Waals surface area contributed by atoms with Gasteiger partial charge in [0.25, 0.3) is 11.8 Å². The lowest BCUT2D eigenvalue weighted by molar-refractivity contribution is -0.123. The molecule has 1 rings (SSSR count). The molecule has 0 saturated heterocycles. The summed E-state index contributed by atoms with van der Waals surface area (Å²) in [5.74, 6) is 0.180. The van der Waals surface area contributed by atoms with Crippen LogP contribution in [0.15, 0.2) is 11.6 Å². The molecule has 1 N–H and O–H groups in total. The average molecular weight is 216 g/mol. The Morgan fingerprint density at radius 1 is 1.14 bits per heavy atom. The van der Waals surface area contributed by atoms with Crippen LogP contribution < -0.4 is 5.32 Å². The van der Waals surface area contributed by atoms with E-state index in [0.29, 0.717) is 17.9 Å². The molecule has 78 valence electrons. The van der Waals surface area contributed by atoms with Gasteiger partial charge in [0.05, 0.1) is 0 Å². The van der Waals surface area contributed by atoms with E-state index in [4.69, 9.17) is 11.6 Å². The van der Waals surface area contributed by atoms with Gasteiger partial charge in [0.2, 0.25) is 0 Å². The monoisotopic (exact) mass is 215 g/mol. The zero-order valence-electron chi connectivity index (χ0n) is 8.01. The molecule has 2 amide bonds. The van der Waals surface area contributed by atoms with Crippen LogP contribution in [-0.2, 0) is 9.59 Å². The first-order valence-electron chi connectivity index (χ1n) is 4.86. The topological polar surface area (TPSA) is 46.2 Å². The second kappa shape index (κ2) is 5.81. The number of imide groups is 1. The Kier molecular flexibility index (Phi) is 4.66.